The van der Waals surface area contributed by atoms with Crippen LogP contribution in [0, 0.1) is 13.8 Å². The summed E-state index contributed by atoms with van der Waals surface area (Å²) in [6.45, 7) is 4.37. The lowest BCUT2D eigenvalue weighted by Gasteiger charge is -2.31. The van der Waals surface area contributed by atoms with Gasteiger partial charge in [0.2, 0.25) is 0 Å². The van der Waals surface area contributed by atoms with E-state index in [1.165, 1.54) is 44.8 Å². The fraction of sp³-hybridized carbons (Fsp3) is 0.125. The lowest BCUT2D eigenvalue weighted by Crippen LogP contribution is -2.20. The van der Waals surface area contributed by atoms with Crippen molar-refractivity contribution in [2.45, 2.75) is 26.7 Å². The molecule has 0 unspecified atom stereocenters. The van der Waals surface area contributed by atoms with Crippen molar-refractivity contribution in [3.8, 4) is 22.3 Å². The summed E-state index contributed by atoms with van der Waals surface area (Å²) in [5.41, 5.74) is 18.0. The van der Waals surface area contributed by atoms with Gasteiger partial charge in [-0.15, -0.1) is 0 Å². The van der Waals surface area contributed by atoms with E-state index in [4.69, 9.17) is 5.73 Å². The molecule has 2 heteroatoms. The number of anilines is 2. The standard InChI is InChI=1S/C32H30N2/c1-23-16-18-27(25-10-5-3-6-11-25)20-31(23)34(30-15-9-14-29(33)22-30)32-21-28(19-17-24(32)2)26-12-7-4-8-13-26/h3-8,10-13,15-22H,9,14,33H2,1-2H3. The molecule has 5 rings (SSSR count). The first-order valence-electron chi connectivity index (χ1n) is 11.9. The Kier molecular flexibility index (Phi) is 6.05. The largest absolute Gasteiger partial charge is 0.402 e. The van der Waals surface area contributed by atoms with Gasteiger partial charge in [0.05, 0.1) is 0 Å². The van der Waals surface area contributed by atoms with Crippen molar-refractivity contribution in [2.75, 3.05) is 4.90 Å². The van der Waals surface area contributed by atoms with E-state index >= 15 is 0 Å². The van der Waals surface area contributed by atoms with Crippen LogP contribution < -0.4 is 10.6 Å². The van der Waals surface area contributed by atoms with Gasteiger partial charge < -0.3 is 10.6 Å². The molecule has 34 heavy (non-hydrogen) atoms. The average Bonchev–Trinajstić information content (AvgIpc) is 2.87. The van der Waals surface area contributed by atoms with Crippen LogP contribution in [0.4, 0.5) is 11.4 Å². The number of rotatable bonds is 5. The Hall–Kier alpha value is -4.04. The van der Waals surface area contributed by atoms with Crippen molar-refractivity contribution in [3.05, 3.63) is 132 Å². The summed E-state index contributed by atoms with van der Waals surface area (Å²) in [4.78, 5) is 2.38. The molecule has 0 fully saturated rings. The summed E-state index contributed by atoms with van der Waals surface area (Å²) in [6, 6.07) is 34.6. The van der Waals surface area contributed by atoms with Crippen molar-refractivity contribution < 1.29 is 0 Å². The number of allylic oxidation sites excluding steroid dienone is 3. The van der Waals surface area contributed by atoms with Crippen molar-refractivity contribution >= 4 is 11.4 Å². The SMILES string of the molecule is Cc1ccc(-c2ccccc2)cc1N(C1=CCCC(N)=C1)c1cc(-c2ccccc2)ccc1C. The number of nitrogens with zero attached hydrogens (tertiary/aromatic N) is 1. The van der Waals surface area contributed by atoms with Crippen LogP contribution in [0.2, 0.25) is 0 Å². The monoisotopic (exact) mass is 442 g/mol. The molecule has 0 heterocycles. The zero-order chi connectivity index (χ0) is 23.5. The van der Waals surface area contributed by atoms with Crippen LogP contribution in [-0.2, 0) is 0 Å². The minimum Gasteiger partial charge on any atom is -0.402 e. The van der Waals surface area contributed by atoms with Crippen molar-refractivity contribution in [1.82, 2.24) is 0 Å². The van der Waals surface area contributed by atoms with Crippen LogP contribution in [0.1, 0.15) is 24.0 Å². The minimum absolute atomic E-state index is 0.906. The Morgan fingerprint density at radius 3 is 1.59 bits per heavy atom. The third kappa shape index (κ3) is 4.40. The van der Waals surface area contributed by atoms with Crippen LogP contribution in [0.25, 0.3) is 22.3 Å². The summed E-state index contributed by atoms with van der Waals surface area (Å²) < 4.78 is 0. The molecular weight excluding hydrogens is 412 g/mol. The highest BCUT2D eigenvalue weighted by Crippen LogP contribution is 2.40. The predicted molar refractivity (Wildman–Crippen MR) is 145 cm³/mol. The van der Waals surface area contributed by atoms with E-state index in [1.54, 1.807) is 0 Å². The highest BCUT2D eigenvalue weighted by atomic mass is 15.2. The van der Waals surface area contributed by atoms with E-state index in [-0.39, 0.29) is 0 Å². The van der Waals surface area contributed by atoms with Gasteiger partial charge in [0.25, 0.3) is 0 Å². The lowest BCUT2D eigenvalue weighted by atomic mass is 9.98. The zero-order valence-electron chi connectivity index (χ0n) is 19.8. The molecule has 4 aromatic carbocycles. The summed E-state index contributed by atoms with van der Waals surface area (Å²) in [7, 11) is 0. The van der Waals surface area contributed by atoms with Gasteiger partial charge in [-0.2, -0.15) is 0 Å². The van der Waals surface area contributed by atoms with Gasteiger partial charge in [-0.05, 0) is 78.3 Å². The molecule has 0 aliphatic heterocycles. The van der Waals surface area contributed by atoms with Gasteiger partial charge >= 0.3 is 0 Å². The Bertz CT molecular complexity index is 1280. The highest BCUT2D eigenvalue weighted by Gasteiger charge is 2.20. The minimum atomic E-state index is 0.906. The molecule has 2 nitrogen and oxygen atoms in total. The highest BCUT2D eigenvalue weighted by molar-refractivity contribution is 5.82. The molecule has 0 saturated heterocycles. The Morgan fingerprint density at radius 2 is 1.12 bits per heavy atom. The van der Waals surface area contributed by atoms with E-state index in [1.807, 2.05) is 0 Å². The maximum atomic E-state index is 6.33. The molecule has 0 bridgehead atoms. The third-order valence-electron chi connectivity index (χ3n) is 6.49. The smallest absolute Gasteiger partial charge is 0.0496 e. The van der Waals surface area contributed by atoms with Gasteiger partial charge in [-0.25, -0.2) is 0 Å². The summed E-state index contributed by atoms with van der Waals surface area (Å²) in [6.07, 6.45) is 6.29. The maximum Gasteiger partial charge on any atom is 0.0496 e. The van der Waals surface area contributed by atoms with Gasteiger partial charge in [-0.1, -0.05) is 91.0 Å². The van der Waals surface area contributed by atoms with E-state index in [2.05, 4.69) is 128 Å². The van der Waals surface area contributed by atoms with Crippen LogP contribution in [0.3, 0.4) is 0 Å². The van der Waals surface area contributed by atoms with E-state index < -0.39 is 0 Å². The van der Waals surface area contributed by atoms with Gasteiger partial charge in [0.15, 0.2) is 0 Å². The molecule has 1 aliphatic carbocycles. The molecule has 0 aromatic heterocycles. The second-order valence-corrected chi connectivity index (χ2v) is 8.96. The predicted octanol–water partition coefficient (Wildman–Crippen LogP) is 8.30. The second-order valence-electron chi connectivity index (χ2n) is 8.96. The normalized spacial score (nSPS) is 13.2. The molecule has 0 amide bonds. The Balaban J connectivity index is 1.71. The zero-order valence-corrected chi connectivity index (χ0v) is 19.8. The van der Waals surface area contributed by atoms with Crippen molar-refractivity contribution in [3.63, 3.8) is 0 Å². The van der Waals surface area contributed by atoms with Gasteiger partial charge in [0.1, 0.15) is 0 Å². The summed E-state index contributed by atoms with van der Waals surface area (Å²) >= 11 is 0. The molecule has 4 aromatic rings. The van der Waals surface area contributed by atoms with Gasteiger partial charge in [0, 0.05) is 22.8 Å². The molecule has 2 N–H and O–H groups in total. The molecule has 0 spiro atoms. The number of nitrogens with two attached hydrogens (primary N) is 1. The summed E-state index contributed by atoms with van der Waals surface area (Å²) in [5.74, 6) is 0. The van der Waals surface area contributed by atoms with E-state index in [0.717, 1.165) is 24.2 Å². The number of aryl methyl sites for hydroxylation is 2. The first-order valence-corrected chi connectivity index (χ1v) is 11.9. The Labute approximate surface area is 202 Å². The topological polar surface area (TPSA) is 29.3 Å². The van der Waals surface area contributed by atoms with Crippen LogP contribution in [0.15, 0.2) is 121 Å². The molecule has 168 valence electrons. The fourth-order valence-electron chi connectivity index (χ4n) is 4.59. The van der Waals surface area contributed by atoms with E-state index in [0.29, 0.717) is 0 Å². The van der Waals surface area contributed by atoms with Gasteiger partial charge in [-0.3, -0.25) is 0 Å². The molecule has 0 saturated carbocycles. The van der Waals surface area contributed by atoms with Crippen LogP contribution >= 0.6 is 0 Å². The van der Waals surface area contributed by atoms with Crippen molar-refractivity contribution in [2.24, 2.45) is 5.73 Å². The van der Waals surface area contributed by atoms with Crippen molar-refractivity contribution in [1.29, 1.82) is 0 Å². The third-order valence-corrected chi connectivity index (χ3v) is 6.49. The molecular formula is C32H30N2. The van der Waals surface area contributed by atoms with Crippen LogP contribution in [0.5, 0.6) is 0 Å². The molecule has 0 atom stereocenters. The molecule has 0 radical (unpaired) electrons. The first-order chi connectivity index (χ1) is 16.6. The average molecular weight is 443 g/mol. The number of benzene rings is 4. The maximum absolute atomic E-state index is 6.33. The quantitative estimate of drug-likeness (QED) is 0.337. The van der Waals surface area contributed by atoms with E-state index in [9.17, 15) is 0 Å². The first kappa shape index (κ1) is 21.8. The summed E-state index contributed by atoms with van der Waals surface area (Å²) in [5, 5.41) is 0. The van der Waals surface area contributed by atoms with Crippen LogP contribution in [-0.4, -0.2) is 0 Å². The number of hydrogen-bond donors (Lipinski definition) is 1. The number of hydrogen-bond acceptors (Lipinski definition) is 2. The fourth-order valence-corrected chi connectivity index (χ4v) is 4.59. The Morgan fingerprint density at radius 1 is 0.618 bits per heavy atom. The second kappa shape index (κ2) is 9.44. The molecule has 1 aliphatic rings. The lowest BCUT2D eigenvalue weighted by molar-refractivity contribution is 0.916.